The molecule has 0 unspecified atom stereocenters. The van der Waals surface area contributed by atoms with Gasteiger partial charge in [-0.05, 0) is 48.9 Å². The first-order chi connectivity index (χ1) is 12.7. The molecule has 3 rings (SSSR count). The monoisotopic (exact) mass is 343 g/mol. The van der Waals surface area contributed by atoms with Gasteiger partial charge in [0.25, 0.3) is 0 Å². The van der Waals surface area contributed by atoms with Gasteiger partial charge >= 0.3 is 0 Å². The van der Waals surface area contributed by atoms with Gasteiger partial charge < -0.3 is 9.47 Å². The maximum Gasteiger partial charge on any atom is 0.137 e. The first kappa shape index (κ1) is 17.5. The molecule has 3 heteroatoms. The number of rotatable bonds is 6. The van der Waals surface area contributed by atoms with Gasteiger partial charge in [-0.15, -0.1) is 0 Å². The van der Waals surface area contributed by atoms with Crippen molar-refractivity contribution < 1.29 is 9.47 Å². The highest BCUT2D eigenvalue weighted by Gasteiger charge is 2.15. The molecule has 0 radical (unpaired) electrons. The van der Waals surface area contributed by atoms with Crippen molar-refractivity contribution in [2.45, 2.75) is 6.92 Å². The van der Waals surface area contributed by atoms with Gasteiger partial charge in [0.1, 0.15) is 17.3 Å². The molecule has 3 aromatic rings. The van der Waals surface area contributed by atoms with Crippen LogP contribution < -0.4 is 9.47 Å². The van der Waals surface area contributed by atoms with Crippen LogP contribution in [-0.2, 0) is 0 Å². The number of fused-ring (bicyclic) bond motifs is 1. The Balaban J connectivity index is 2.04. The second kappa shape index (κ2) is 7.70. The SMILES string of the molecule is C=C/C=C(\C=C)Oc1ccc(-c2c(C)nc3ccccc3c2OC)cc1. The molecule has 0 aliphatic carbocycles. The van der Waals surface area contributed by atoms with Crippen LogP contribution in [0.15, 0.2) is 85.7 Å². The lowest BCUT2D eigenvalue weighted by molar-refractivity contribution is 0.420. The highest BCUT2D eigenvalue weighted by molar-refractivity contribution is 5.93. The molecule has 0 bridgehead atoms. The Hall–Kier alpha value is -3.33. The van der Waals surface area contributed by atoms with Crippen molar-refractivity contribution in [2.75, 3.05) is 7.11 Å². The van der Waals surface area contributed by atoms with Crippen molar-refractivity contribution in [1.82, 2.24) is 4.98 Å². The Labute approximate surface area is 153 Å². The summed E-state index contributed by atoms with van der Waals surface area (Å²) in [6.45, 7) is 9.41. The second-order valence-electron chi connectivity index (χ2n) is 5.76. The molecule has 2 aromatic carbocycles. The number of nitrogens with zero attached hydrogens (tertiary/aromatic N) is 1. The van der Waals surface area contributed by atoms with E-state index in [1.54, 1.807) is 25.3 Å². The lowest BCUT2D eigenvalue weighted by Crippen LogP contribution is -1.97. The van der Waals surface area contributed by atoms with Gasteiger partial charge in [0.15, 0.2) is 0 Å². The van der Waals surface area contributed by atoms with Crippen molar-refractivity contribution in [3.63, 3.8) is 0 Å². The van der Waals surface area contributed by atoms with Crippen LogP contribution in [0.3, 0.4) is 0 Å². The third kappa shape index (κ3) is 3.38. The summed E-state index contributed by atoms with van der Waals surface area (Å²) in [6.07, 6.45) is 5.08. The molecule has 0 spiro atoms. The van der Waals surface area contributed by atoms with Crippen LogP contribution in [0, 0.1) is 6.92 Å². The summed E-state index contributed by atoms with van der Waals surface area (Å²) in [7, 11) is 1.69. The van der Waals surface area contributed by atoms with E-state index in [4.69, 9.17) is 14.5 Å². The zero-order valence-corrected chi connectivity index (χ0v) is 15.0. The summed E-state index contributed by atoms with van der Waals surface area (Å²) in [4.78, 5) is 4.72. The number of hydrogen-bond donors (Lipinski definition) is 0. The average molecular weight is 343 g/mol. The summed E-state index contributed by atoms with van der Waals surface area (Å²) in [5, 5.41) is 0.999. The van der Waals surface area contributed by atoms with E-state index in [-0.39, 0.29) is 0 Å². The lowest BCUT2D eigenvalue weighted by Gasteiger charge is -2.15. The van der Waals surface area contributed by atoms with Gasteiger partial charge in [-0.25, -0.2) is 0 Å². The molecule has 1 heterocycles. The number of para-hydroxylation sites is 1. The van der Waals surface area contributed by atoms with E-state index in [9.17, 15) is 0 Å². The Kier molecular flexibility index (Phi) is 5.18. The van der Waals surface area contributed by atoms with E-state index in [2.05, 4.69) is 13.2 Å². The van der Waals surface area contributed by atoms with Crippen LogP contribution in [0.5, 0.6) is 11.5 Å². The minimum atomic E-state index is 0.647. The van der Waals surface area contributed by atoms with E-state index in [1.807, 2.05) is 55.5 Å². The van der Waals surface area contributed by atoms with Gasteiger partial charge in [0.2, 0.25) is 0 Å². The van der Waals surface area contributed by atoms with Crippen molar-refractivity contribution >= 4 is 10.9 Å². The van der Waals surface area contributed by atoms with Gasteiger partial charge in [-0.1, -0.05) is 43.5 Å². The fraction of sp³-hybridized carbons (Fsp3) is 0.0870. The van der Waals surface area contributed by atoms with E-state index >= 15 is 0 Å². The normalized spacial score (nSPS) is 11.2. The van der Waals surface area contributed by atoms with Gasteiger partial charge in [0.05, 0.1) is 12.6 Å². The number of benzene rings is 2. The first-order valence-corrected chi connectivity index (χ1v) is 8.34. The Morgan fingerprint density at radius 2 is 1.77 bits per heavy atom. The maximum atomic E-state index is 5.78. The van der Waals surface area contributed by atoms with Gasteiger partial charge in [-0.2, -0.15) is 0 Å². The maximum absolute atomic E-state index is 5.78. The van der Waals surface area contributed by atoms with Crippen LogP contribution in [0.2, 0.25) is 0 Å². The minimum Gasteiger partial charge on any atom is -0.495 e. The van der Waals surface area contributed by atoms with Crippen molar-refractivity contribution in [3.05, 3.63) is 91.4 Å². The Morgan fingerprint density at radius 1 is 1.04 bits per heavy atom. The summed E-state index contributed by atoms with van der Waals surface area (Å²) < 4.78 is 11.5. The molecule has 0 fully saturated rings. The topological polar surface area (TPSA) is 31.4 Å². The summed E-state index contributed by atoms with van der Waals surface area (Å²) in [5.41, 5.74) is 3.87. The quantitative estimate of drug-likeness (QED) is 0.415. The number of methoxy groups -OCH3 is 1. The molecule has 0 aliphatic rings. The van der Waals surface area contributed by atoms with Crippen molar-refractivity contribution in [3.8, 4) is 22.6 Å². The Bertz CT molecular complexity index is 985. The van der Waals surface area contributed by atoms with E-state index in [0.717, 1.165) is 39.2 Å². The van der Waals surface area contributed by atoms with Crippen molar-refractivity contribution in [2.24, 2.45) is 0 Å². The fourth-order valence-electron chi connectivity index (χ4n) is 2.94. The zero-order valence-electron chi connectivity index (χ0n) is 15.0. The molecule has 3 nitrogen and oxygen atoms in total. The molecule has 0 amide bonds. The number of allylic oxidation sites excluding steroid dienone is 3. The van der Waals surface area contributed by atoms with Crippen LogP contribution in [0.25, 0.3) is 22.0 Å². The highest BCUT2D eigenvalue weighted by Crippen LogP contribution is 2.38. The average Bonchev–Trinajstić information content (AvgIpc) is 2.67. The molecular weight excluding hydrogens is 322 g/mol. The van der Waals surface area contributed by atoms with E-state index in [1.165, 1.54) is 0 Å². The van der Waals surface area contributed by atoms with E-state index < -0.39 is 0 Å². The number of aryl methyl sites for hydroxylation is 1. The van der Waals surface area contributed by atoms with E-state index in [0.29, 0.717) is 5.76 Å². The number of pyridine rings is 1. The summed E-state index contributed by atoms with van der Waals surface area (Å²) in [5.74, 6) is 2.21. The zero-order chi connectivity index (χ0) is 18.5. The second-order valence-corrected chi connectivity index (χ2v) is 5.76. The smallest absolute Gasteiger partial charge is 0.137 e. The van der Waals surface area contributed by atoms with Crippen LogP contribution in [0.1, 0.15) is 5.69 Å². The molecule has 26 heavy (non-hydrogen) atoms. The molecular formula is C23H21NO2. The van der Waals surface area contributed by atoms with Gasteiger partial charge in [0, 0.05) is 16.6 Å². The number of aromatic nitrogens is 1. The third-order valence-corrected chi connectivity index (χ3v) is 4.09. The lowest BCUT2D eigenvalue weighted by atomic mass is 10.00. The Morgan fingerprint density at radius 3 is 2.42 bits per heavy atom. The van der Waals surface area contributed by atoms with Crippen LogP contribution in [-0.4, -0.2) is 12.1 Å². The molecule has 0 aliphatic heterocycles. The minimum absolute atomic E-state index is 0.647. The molecule has 0 saturated carbocycles. The van der Waals surface area contributed by atoms with Crippen molar-refractivity contribution in [1.29, 1.82) is 0 Å². The molecule has 0 atom stereocenters. The fourth-order valence-corrected chi connectivity index (χ4v) is 2.94. The molecule has 0 saturated heterocycles. The predicted molar refractivity (Wildman–Crippen MR) is 108 cm³/mol. The molecule has 1 aromatic heterocycles. The number of hydrogen-bond acceptors (Lipinski definition) is 3. The molecule has 130 valence electrons. The standard InChI is InChI=1S/C23H21NO2/c1-5-9-18(6-2)26-19-14-12-17(13-15-19)22-16(3)24-21-11-8-7-10-20(21)23(22)25-4/h5-15H,1-2H2,3-4H3/b18-9+. The number of ether oxygens (including phenoxy) is 2. The van der Waals surface area contributed by atoms with Crippen LogP contribution >= 0.6 is 0 Å². The summed E-state index contributed by atoms with van der Waals surface area (Å²) >= 11 is 0. The molecule has 0 N–H and O–H groups in total. The largest absolute Gasteiger partial charge is 0.495 e. The highest BCUT2D eigenvalue weighted by atomic mass is 16.5. The summed E-state index contributed by atoms with van der Waals surface area (Å²) in [6, 6.07) is 15.8. The first-order valence-electron chi connectivity index (χ1n) is 8.34. The van der Waals surface area contributed by atoms with Crippen LogP contribution in [0.4, 0.5) is 0 Å². The third-order valence-electron chi connectivity index (χ3n) is 4.09. The predicted octanol–water partition coefficient (Wildman–Crippen LogP) is 5.85. The van der Waals surface area contributed by atoms with Gasteiger partial charge in [-0.3, -0.25) is 4.98 Å².